The van der Waals surface area contributed by atoms with Crippen molar-refractivity contribution in [1.82, 2.24) is 5.32 Å². The summed E-state index contributed by atoms with van der Waals surface area (Å²) < 4.78 is 81.9. The van der Waals surface area contributed by atoms with E-state index in [0.29, 0.717) is 25.9 Å². The van der Waals surface area contributed by atoms with Gasteiger partial charge in [-0.3, -0.25) is 18.9 Å². The van der Waals surface area contributed by atoms with E-state index in [1.54, 1.807) is 48.5 Å². The maximum atomic E-state index is 15.9. The smallest absolute Gasteiger partial charge is 0.462 e. The number of benzene rings is 2. The van der Waals surface area contributed by atoms with Crippen LogP contribution < -0.4 is 14.4 Å². The Morgan fingerprint density at radius 1 is 0.565 bits per heavy atom. The van der Waals surface area contributed by atoms with Gasteiger partial charge in [-0.2, -0.15) is 0 Å². The predicted octanol–water partition coefficient (Wildman–Crippen LogP) is 20.5. The van der Waals surface area contributed by atoms with Crippen molar-refractivity contribution in [2.24, 2.45) is 0 Å². The Hall–Kier alpha value is -2.91. The number of amides is 1. The van der Waals surface area contributed by atoms with Crippen LogP contribution in [0.1, 0.15) is 234 Å². The fourth-order valence-electron chi connectivity index (χ4n) is 10.7. The second-order valence-electron chi connectivity index (χ2n) is 29.9. The molecule has 15 nitrogen and oxygen atoms in total. The first-order chi connectivity index (χ1) is 43.8. The summed E-state index contributed by atoms with van der Waals surface area (Å²) in [6.07, 6.45) is 22.2. The molecular formula is C73H132NO14PSi3. The Balaban J connectivity index is 2.22. The highest BCUT2D eigenvalue weighted by Crippen LogP contribution is 2.53. The molecule has 19 heteroatoms. The summed E-state index contributed by atoms with van der Waals surface area (Å²) >= 11 is 0. The number of carbonyl (C=O) groups excluding carboxylic acids is 3. The number of rotatable bonds is 54. The Morgan fingerprint density at radius 2 is 1.02 bits per heavy atom. The van der Waals surface area contributed by atoms with Crippen molar-refractivity contribution in [2.75, 3.05) is 26.6 Å². The third kappa shape index (κ3) is 38.1. The van der Waals surface area contributed by atoms with Gasteiger partial charge in [0.25, 0.3) is 0 Å². The molecule has 2 unspecified atom stereocenters. The van der Waals surface area contributed by atoms with Crippen molar-refractivity contribution in [3.8, 4) is 11.5 Å². The van der Waals surface area contributed by atoms with Gasteiger partial charge in [-0.25, -0.2) is 4.57 Å². The van der Waals surface area contributed by atoms with Crippen LogP contribution in [-0.4, -0.2) is 112 Å². The van der Waals surface area contributed by atoms with E-state index in [0.717, 1.165) is 89.1 Å². The van der Waals surface area contributed by atoms with Crippen molar-refractivity contribution in [3.05, 3.63) is 60.7 Å². The van der Waals surface area contributed by atoms with E-state index in [2.05, 4.69) is 99.2 Å². The minimum absolute atomic E-state index is 0.0429. The first-order valence-electron chi connectivity index (χ1n) is 36.3. The molecule has 1 saturated heterocycles. The number of phosphoric ester groups is 1. The van der Waals surface area contributed by atoms with Gasteiger partial charge in [0.2, 0.25) is 5.91 Å². The van der Waals surface area contributed by atoms with Gasteiger partial charge in [0.1, 0.15) is 42.6 Å². The second-order valence-corrected chi connectivity index (χ2v) is 47.4. The molecule has 1 aliphatic heterocycles. The number of phosphoric acid groups is 1. The highest BCUT2D eigenvalue weighted by atomic mass is 31.2. The first-order valence-corrected chi connectivity index (χ1v) is 48.1. The Labute approximate surface area is 563 Å². The number of hydrogen-bond acceptors (Lipinski definition) is 14. The van der Waals surface area contributed by atoms with Gasteiger partial charge < -0.3 is 47.2 Å². The summed E-state index contributed by atoms with van der Waals surface area (Å²) in [5.41, 5.74) is 0. The number of carbonyl (C=O) groups is 3. The van der Waals surface area contributed by atoms with Crippen LogP contribution in [0.2, 0.25) is 69.5 Å². The largest absolute Gasteiger partial charge is 0.588 e. The normalized spacial score (nSPS) is 18.1. The maximum Gasteiger partial charge on any atom is 0.588 e. The van der Waals surface area contributed by atoms with Crippen LogP contribution in [0.3, 0.4) is 0 Å². The fourth-order valence-corrected chi connectivity index (χ4v) is 14.7. The number of nitrogens with one attached hydrogen (secondary N) is 1. The maximum absolute atomic E-state index is 15.9. The number of unbranched alkanes of at least 4 members (excludes halogenated alkanes) is 22. The average Bonchev–Trinajstić information content (AvgIpc) is 0.779. The van der Waals surface area contributed by atoms with Gasteiger partial charge in [-0.1, -0.05) is 265 Å². The molecule has 0 bridgehead atoms. The van der Waals surface area contributed by atoms with E-state index >= 15 is 14.2 Å². The molecule has 0 spiro atoms. The van der Waals surface area contributed by atoms with E-state index in [1.807, 2.05) is 12.1 Å². The van der Waals surface area contributed by atoms with Crippen molar-refractivity contribution < 1.29 is 65.4 Å². The molecule has 2 aromatic carbocycles. The lowest BCUT2D eigenvalue weighted by molar-refractivity contribution is -0.269. The summed E-state index contributed by atoms with van der Waals surface area (Å²) in [5.74, 6) is -1.06. The van der Waals surface area contributed by atoms with E-state index in [-0.39, 0.29) is 61.8 Å². The molecule has 0 saturated carbocycles. The zero-order valence-electron chi connectivity index (χ0n) is 60.4. The molecule has 0 radical (unpaired) electrons. The lowest BCUT2D eigenvalue weighted by Gasteiger charge is -2.47. The topological polar surface area (TPSA) is 173 Å². The molecule has 3 rings (SSSR count). The summed E-state index contributed by atoms with van der Waals surface area (Å²) in [6.45, 7) is 31.8. The molecule has 7 atom stereocenters. The fraction of sp³-hybridized carbons (Fsp3) is 0.795. The van der Waals surface area contributed by atoms with Crippen LogP contribution in [0.4, 0.5) is 0 Å². The van der Waals surface area contributed by atoms with Crippen LogP contribution in [0.25, 0.3) is 0 Å². The molecule has 0 aliphatic carbocycles. The average molecular weight is 1360 g/mol. The Bertz CT molecular complexity index is 2240. The van der Waals surface area contributed by atoms with Gasteiger partial charge in [0, 0.05) is 35.8 Å². The molecule has 530 valence electrons. The first kappa shape index (κ1) is 83.3. The molecule has 2 aromatic rings. The lowest BCUT2D eigenvalue weighted by atomic mass is 9.96. The Morgan fingerprint density at radius 3 is 1.50 bits per heavy atom. The van der Waals surface area contributed by atoms with Crippen molar-refractivity contribution in [1.29, 1.82) is 0 Å². The third-order valence-corrected chi connectivity index (χ3v) is 27.0. The zero-order valence-corrected chi connectivity index (χ0v) is 64.3. The standard InChI is InChI=1S/C73H132NO14PSi3/c1-15-18-21-24-27-29-32-34-39-50-63(81-60-79-53-55-90(7,8)9)57-66(75)74-69-71(85-68(77)58-64(51-40-35-31-26-23-20-17-3)83-67(76)52-45-36-33-30-28-25-22-19-16-2)70(88-89(78,86-61-46-41-37-42-47-61)87-62-48-43-38-44-49-62)65(59-82-92(13,14)73(4,5)6)84-72(69)80-54-56-91(10,11)12/h37-38,41-44,46-49,63-65,69-72H,15-36,39-40,45,50-60H2,1-14H3,(H,74,75)/t63?,64?,65-,69-,70-,71-,72-/m1/s1. The van der Waals surface area contributed by atoms with E-state index in [9.17, 15) is 4.79 Å². The molecule has 1 fully saturated rings. The number of esters is 2. The van der Waals surface area contributed by atoms with Gasteiger partial charge in [0.05, 0.1) is 25.6 Å². The summed E-state index contributed by atoms with van der Waals surface area (Å²) in [5, 5.41) is 3.01. The summed E-state index contributed by atoms with van der Waals surface area (Å²) in [4.78, 5) is 44.3. The molecule has 0 aromatic heterocycles. The van der Waals surface area contributed by atoms with Crippen molar-refractivity contribution in [2.45, 2.75) is 347 Å². The summed E-state index contributed by atoms with van der Waals surface area (Å²) in [7, 11) is -10.5. The highest BCUT2D eigenvalue weighted by Gasteiger charge is 2.55. The quantitative estimate of drug-likeness (QED) is 0.0218. The van der Waals surface area contributed by atoms with E-state index in [1.165, 1.54) is 77.0 Å². The van der Waals surface area contributed by atoms with Crippen molar-refractivity contribution >= 4 is 50.1 Å². The number of hydrogen-bond donors (Lipinski definition) is 1. The Kier molecular flexibility index (Phi) is 42.0. The second kappa shape index (κ2) is 46.3. The van der Waals surface area contributed by atoms with Crippen LogP contribution in [-0.2, 0) is 56.3 Å². The third-order valence-electron chi connectivity index (χ3n) is 17.7. The highest BCUT2D eigenvalue weighted by molar-refractivity contribution is 7.49. The van der Waals surface area contributed by atoms with Gasteiger partial charge in [-0.15, -0.1) is 0 Å². The van der Waals surface area contributed by atoms with Gasteiger partial charge in [-0.05, 0) is 80.2 Å². The SMILES string of the molecule is CCCCCCCCCCCC(=O)OC(CCCCCCCCC)CC(=O)O[C@@H]1[C@@H](NC(=O)CC(CCCCCCCCCCC)OCOCC[Si](C)(C)C)[C@H](OCC[Si](C)(C)C)O[C@H](CO[Si](C)(C)C(C)(C)C)[C@H]1OP(=O)(Oc1ccccc1)Oc1ccccc1. The molecule has 1 heterocycles. The van der Waals surface area contributed by atoms with Crippen LogP contribution in [0, 0.1) is 0 Å². The van der Waals surface area contributed by atoms with Crippen molar-refractivity contribution in [3.63, 3.8) is 0 Å². The van der Waals surface area contributed by atoms with Crippen LogP contribution in [0.5, 0.6) is 11.5 Å². The predicted molar refractivity (Wildman–Crippen MR) is 384 cm³/mol. The molecule has 1 aliphatic rings. The van der Waals surface area contributed by atoms with E-state index < -0.39 is 87.0 Å². The number of para-hydroxylation sites is 2. The zero-order chi connectivity index (χ0) is 67.7. The molecule has 92 heavy (non-hydrogen) atoms. The van der Waals surface area contributed by atoms with Crippen LogP contribution in [0.15, 0.2) is 60.7 Å². The van der Waals surface area contributed by atoms with Gasteiger partial charge >= 0.3 is 19.8 Å². The molecule has 1 N–H and O–H groups in total. The molecular weight excluding hydrogens is 1230 g/mol. The minimum Gasteiger partial charge on any atom is -0.462 e. The lowest BCUT2D eigenvalue weighted by Crippen LogP contribution is -2.67. The van der Waals surface area contributed by atoms with Gasteiger partial charge in [0.15, 0.2) is 20.7 Å². The molecule has 1 amide bonds. The van der Waals surface area contributed by atoms with Crippen LogP contribution >= 0.6 is 7.82 Å². The van der Waals surface area contributed by atoms with E-state index in [4.69, 9.17) is 46.4 Å². The summed E-state index contributed by atoms with van der Waals surface area (Å²) in [6, 6.07) is 17.7. The monoisotopic (exact) mass is 1360 g/mol. The number of ether oxygens (including phenoxy) is 6. The minimum atomic E-state index is -4.82.